The molecule has 8 nitrogen and oxygen atoms in total. The van der Waals surface area contributed by atoms with Crippen molar-refractivity contribution in [2.75, 3.05) is 43.5 Å². The summed E-state index contributed by atoms with van der Waals surface area (Å²) in [5.74, 6) is 0. The number of rotatable bonds is 5. The fourth-order valence-corrected chi connectivity index (χ4v) is 3.14. The highest BCUT2D eigenvalue weighted by Crippen LogP contribution is 2.28. The van der Waals surface area contributed by atoms with E-state index < -0.39 is 0 Å². The largest absolute Gasteiger partial charge is 0.380 e. The number of piperazine rings is 1. The third kappa shape index (κ3) is 4.53. The molecular formula is C19H22N4O4. The van der Waals surface area contributed by atoms with Gasteiger partial charge in [-0.15, -0.1) is 0 Å². The molecule has 1 fully saturated rings. The van der Waals surface area contributed by atoms with Crippen molar-refractivity contribution in [2.45, 2.75) is 6.61 Å². The highest BCUT2D eigenvalue weighted by Gasteiger charge is 2.25. The van der Waals surface area contributed by atoms with Gasteiger partial charge < -0.3 is 19.9 Å². The number of urea groups is 1. The van der Waals surface area contributed by atoms with Gasteiger partial charge in [0, 0.05) is 45.0 Å². The Morgan fingerprint density at radius 3 is 2.59 bits per heavy atom. The second-order valence-corrected chi connectivity index (χ2v) is 6.28. The minimum Gasteiger partial charge on any atom is -0.380 e. The fourth-order valence-electron chi connectivity index (χ4n) is 3.14. The molecule has 0 spiro atoms. The molecule has 2 amide bonds. The normalized spacial score (nSPS) is 14.1. The van der Waals surface area contributed by atoms with Crippen molar-refractivity contribution >= 4 is 23.1 Å². The maximum atomic E-state index is 12.5. The number of nitro benzene ring substituents is 1. The van der Waals surface area contributed by atoms with E-state index in [2.05, 4.69) is 5.32 Å². The van der Waals surface area contributed by atoms with E-state index in [1.165, 1.54) is 6.07 Å². The van der Waals surface area contributed by atoms with Crippen LogP contribution in [0, 0.1) is 10.1 Å². The Kier molecular flexibility index (Phi) is 5.87. The van der Waals surface area contributed by atoms with Crippen LogP contribution in [0.15, 0.2) is 48.5 Å². The molecule has 8 heteroatoms. The number of nitro groups is 1. The van der Waals surface area contributed by atoms with Crippen molar-refractivity contribution in [3.8, 4) is 0 Å². The topological polar surface area (TPSA) is 88.0 Å². The number of carbonyl (C=O) groups excluding carboxylic acids is 1. The Balaban J connectivity index is 1.60. The first-order valence-corrected chi connectivity index (χ1v) is 8.70. The van der Waals surface area contributed by atoms with Crippen LogP contribution in [-0.4, -0.2) is 49.1 Å². The van der Waals surface area contributed by atoms with Gasteiger partial charge in [0.05, 0.1) is 11.5 Å². The Bertz CT molecular complexity index is 819. The maximum Gasteiger partial charge on any atom is 0.321 e. The quantitative estimate of drug-likeness (QED) is 0.645. The smallest absolute Gasteiger partial charge is 0.321 e. The van der Waals surface area contributed by atoms with Gasteiger partial charge in [-0.2, -0.15) is 0 Å². The van der Waals surface area contributed by atoms with E-state index in [-0.39, 0.29) is 16.6 Å². The zero-order chi connectivity index (χ0) is 19.2. The third-order valence-electron chi connectivity index (χ3n) is 4.48. The molecule has 0 aliphatic carbocycles. The lowest BCUT2D eigenvalue weighted by Gasteiger charge is -2.35. The number of benzene rings is 2. The number of hydrogen-bond acceptors (Lipinski definition) is 5. The number of anilines is 2. The van der Waals surface area contributed by atoms with E-state index in [0.29, 0.717) is 38.5 Å². The second-order valence-electron chi connectivity index (χ2n) is 6.28. The number of nitrogens with zero attached hydrogens (tertiary/aromatic N) is 3. The monoisotopic (exact) mass is 370 g/mol. The first kappa shape index (κ1) is 18.7. The number of para-hydroxylation sites is 2. The summed E-state index contributed by atoms with van der Waals surface area (Å²) >= 11 is 0. The van der Waals surface area contributed by atoms with E-state index in [4.69, 9.17) is 4.74 Å². The van der Waals surface area contributed by atoms with Crippen LogP contribution in [0.3, 0.4) is 0 Å². The zero-order valence-electron chi connectivity index (χ0n) is 15.1. The Hall–Kier alpha value is -3.13. The van der Waals surface area contributed by atoms with Crippen molar-refractivity contribution in [1.29, 1.82) is 0 Å². The van der Waals surface area contributed by atoms with Crippen molar-refractivity contribution in [3.05, 3.63) is 64.2 Å². The summed E-state index contributed by atoms with van der Waals surface area (Å²) in [6, 6.07) is 14.0. The second kappa shape index (κ2) is 8.50. The van der Waals surface area contributed by atoms with E-state index in [1.54, 1.807) is 30.2 Å². The fraction of sp³-hybridized carbons (Fsp3) is 0.316. The molecule has 0 aromatic heterocycles. The lowest BCUT2D eigenvalue weighted by Crippen LogP contribution is -2.50. The molecule has 3 rings (SSSR count). The Morgan fingerprint density at radius 2 is 1.89 bits per heavy atom. The number of ether oxygens (including phenoxy) is 1. The number of amides is 2. The van der Waals surface area contributed by atoms with Gasteiger partial charge in [-0.25, -0.2) is 4.79 Å². The summed E-state index contributed by atoms with van der Waals surface area (Å²) in [6.07, 6.45) is 0. The molecule has 1 aliphatic heterocycles. The summed E-state index contributed by atoms with van der Waals surface area (Å²) in [5.41, 5.74) is 2.38. The lowest BCUT2D eigenvalue weighted by molar-refractivity contribution is -0.384. The third-order valence-corrected chi connectivity index (χ3v) is 4.48. The minimum absolute atomic E-state index is 0.0883. The summed E-state index contributed by atoms with van der Waals surface area (Å²) in [6.45, 7) is 2.56. The van der Waals surface area contributed by atoms with Gasteiger partial charge in [0.15, 0.2) is 0 Å². The van der Waals surface area contributed by atoms with Gasteiger partial charge in [0.25, 0.3) is 5.69 Å². The van der Waals surface area contributed by atoms with E-state index in [1.807, 2.05) is 29.2 Å². The van der Waals surface area contributed by atoms with Crippen molar-refractivity contribution in [2.24, 2.45) is 0 Å². The molecule has 0 unspecified atom stereocenters. The van der Waals surface area contributed by atoms with E-state index in [9.17, 15) is 14.9 Å². The van der Waals surface area contributed by atoms with Gasteiger partial charge in [-0.05, 0) is 23.8 Å². The summed E-state index contributed by atoms with van der Waals surface area (Å²) in [4.78, 5) is 27.0. The highest BCUT2D eigenvalue weighted by atomic mass is 16.6. The molecule has 1 saturated heterocycles. The molecular weight excluding hydrogens is 348 g/mol. The number of carbonyl (C=O) groups is 1. The molecule has 2 aromatic carbocycles. The van der Waals surface area contributed by atoms with Crippen LogP contribution in [-0.2, 0) is 11.3 Å². The summed E-state index contributed by atoms with van der Waals surface area (Å²) in [5, 5.41) is 14.1. The predicted molar refractivity (Wildman–Crippen MR) is 103 cm³/mol. The molecule has 0 atom stereocenters. The number of nitrogens with one attached hydrogen (secondary N) is 1. The molecule has 27 heavy (non-hydrogen) atoms. The summed E-state index contributed by atoms with van der Waals surface area (Å²) in [7, 11) is 1.63. The average molecular weight is 370 g/mol. The lowest BCUT2D eigenvalue weighted by atomic mass is 10.2. The molecule has 142 valence electrons. The molecule has 1 N–H and O–H groups in total. The Labute approximate surface area is 157 Å². The van der Waals surface area contributed by atoms with Crippen LogP contribution >= 0.6 is 0 Å². The van der Waals surface area contributed by atoms with Crippen LogP contribution in [0.25, 0.3) is 0 Å². The number of methoxy groups -OCH3 is 1. The van der Waals surface area contributed by atoms with Gasteiger partial charge >= 0.3 is 6.03 Å². The molecule has 0 saturated carbocycles. The van der Waals surface area contributed by atoms with Gasteiger partial charge in [0.1, 0.15) is 5.69 Å². The predicted octanol–water partition coefficient (Wildman–Crippen LogP) is 3.10. The standard InChI is InChI=1S/C19H22N4O4/c1-27-14-15-5-4-6-16(13-15)20-19(24)22-11-9-21(10-12-22)17-7-2-3-8-18(17)23(25)26/h2-8,13H,9-12,14H2,1H3,(H,20,24). The van der Waals surface area contributed by atoms with Crippen molar-refractivity contribution in [1.82, 2.24) is 4.90 Å². The van der Waals surface area contributed by atoms with Crippen molar-refractivity contribution in [3.63, 3.8) is 0 Å². The van der Waals surface area contributed by atoms with Gasteiger partial charge in [-0.1, -0.05) is 24.3 Å². The first-order valence-electron chi connectivity index (χ1n) is 8.70. The van der Waals surface area contributed by atoms with E-state index >= 15 is 0 Å². The van der Waals surface area contributed by atoms with Crippen LogP contribution in [0.1, 0.15) is 5.56 Å². The Morgan fingerprint density at radius 1 is 1.15 bits per heavy atom. The molecule has 1 heterocycles. The van der Waals surface area contributed by atoms with Crippen LogP contribution in [0.5, 0.6) is 0 Å². The van der Waals surface area contributed by atoms with Gasteiger partial charge in [0.2, 0.25) is 0 Å². The number of hydrogen-bond donors (Lipinski definition) is 1. The first-order chi connectivity index (χ1) is 13.1. The zero-order valence-corrected chi connectivity index (χ0v) is 15.1. The maximum absolute atomic E-state index is 12.5. The molecule has 1 aliphatic rings. The van der Waals surface area contributed by atoms with E-state index in [0.717, 1.165) is 11.3 Å². The average Bonchev–Trinajstić information content (AvgIpc) is 2.68. The van der Waals surface area contributed by atoms with Crippen LogP contribution in [0.2, 0.25) is 0 Å². The minimum atomic E-state index is -0.374. The van der Waals surface area contributed by atoms with Crippen LogP contribution < -0.4 is 10.2 Å². The SMILES string of the molecule is COCc1cccc(NC(=O)N2CCN(c3ccccc3[N+](=O)[O-])CC2)c1. The van der Waals surface area contributed by atoms with Gasteiger partial charge in [-0.3, -0.25) is 10.1 Å². The molecule has 2 aromatic rings. The highest BCUT2D eigenvalue weighted by molar-refractivity contribution is 5.89. The van der Waals surface area contributed by atoms with Crippen LogP contribution in [0.4, 0.5) is 21.9 Å². The van der Waals surface area contributed by atoms with Crippen molar-refractivity contribution < 1.29 is 14.5 Å². The molecule has 0 bridgehead atoms. The summed E-state index contributed by atoms with van der Waals surface area (Å²) < 4.78 is 5.11. The molecule has 0 radical (unpaired) electrons.